The van der Waals surface area contributed by atoms with E-state index in [9.17, 15) is 0 Å². The predicted molar refractivity (Wildman–Crippen MR) is 58.9 cm³/mol. The van der Waals surface area contributed by atoms with Gasteiger partial charge in [-0.05, 0) is 25.3 Å². The van der Waals surface area contributed by atoms with Crippen LogP contribution in [-0.2, 0) is 0 Å². The second kappa shape index (κ2) is 6.84. The second-order valence-corrected chi connectivity index (χ2v) is 4.38. The Labute approximate surface area is 87.7 Å². The summed E-state index contributed by atoms with van der Waals surface area (Å²) in [5.41, 5.74) is 0. The van der Waals surface area contributed by atoms with Gasteiger partial charge >= 0.3 is 0 Å². The summed E-state index contributed by atoms with van der Waals surface area (Å²) in [5, 5.41) is 12.3. The molecular formula is C12H22N2. The van der Waals surface area contributed by atoms with E-state index in [1.807, 2.05) is 0 Å². The number of nitriles is 1. The van der Waals surface area contributed by atoms with Crippen LogP contribution < -0.4 is 5.32 Å². The van der Waals surface area contributed by atoms with Crippen molar-refractivity contribution in [1.82, 2.24) is 5.32 Å². The first-order valence-electron chi connectivity index (χ1n) is 5.99. The van der Waals surface area contributed by atoms with E-state index in [0.717, 1.165) is 25.3 Å². The van der Waals surface area contributed by atoms with Gasteiger partial charge in [0.15, 0.2) is 0 Å². The number of nitrogens with one attached hydrogen (secondary N) is 1. The maximum Gasteiger partial charge on any atom is 0.0955 e. The molecule has 1 N–H and O–H groups in total. The van der Waals surface area contributed by atoms with Crippen molar-refractivity contribution in [1.29, 1.82) is 5.26 Å². The van der Waals surface area contributed by atoms with E-state index in [4.69, 9.17) is 5.26 Å². The second-order valence-electron chi connectivity index (χ2n) is 4.38. The van der Waals surface area contributed by atoms with Crippen LogP contribution in [0.2, 0.25) is 0 Å². The molecule has 0 bridgehead atoms. The largest absolute Gasteiger partial charge is 0.302 e. The minimum atomic E-state index is 0.0954. The highest BCUT2D eigenvalue weighted by Gasteiger charge is 2.17. The zero-order valence-electron chi connectivity index (χ0n) is 9.26. The van der Waals surface area contributed by atoms with Gasteiger partial charge in [-0.3, -0.25) is 0 Å². The Balaban J connectivity index is 2.21. The third-order valence-corrected chi connectivity index (χ3v) is 3.09. The van der Waals surface area contributed by atoms with Crippen LogP contribution in [0, 0.1) is 17.2 Å². The maximum absolute atomic E-state index is 8.97. The first-order chi connectivity index (χ1) is 6.86. The molecule has 0 heterocycles. The Bertz CT molecular complexity index is 177. The standard InChI is InChI=1S/C12H22N2/c1-2-8-14-12(10-13)9-11-6-4-3-5-7-11/h11-12,14H,2-9H2,1H3. The van der Waals surface area contributed by atoms with Gasteiger partial charge in [-0.2, -0.15) is 5.26 Å². The zero-order chi connectivity index (χ0) is 10.2. The third kappa shape index (κ3) is 4.11. The lowest BCUT2D eigenvalue weighted by atomic mass is 9.85. The Morgan fingerprint density at radius 1 is 1.36 bits per heavy atom. The molecule has 14 heavy (non-hydrogen) atoms. The highest BCUT2D eigenvalue weighted by molar-refractivity contribution is 4.91. The SMILES string of the molecule is CCCNC(C#N)CC1CCCCC1. The van der Waals surface area contributed by atoms with Crippen LogP contribution in [0.3, 0.4) is 0 Å². The highest BCUT2D eigenvalue weighted by atomic mass is 14.9. The molecule has 0 radical (unpaired) electrons. The molecule has 0 saturated heterocycles. The number of rotatable bonds is 5. The first kappa shape index (κ1) is 11.5. The van der Waals surface area contributed by atoms with E-state index in [2.05, 4.69) is 18.3 Å². The molecule has 1 saturated carbocycles. The fraction of sp³-hybridized carbons (Fsp3) is 0.917. The van der Waals surface area contributed by atoms with Crippen molar-refractivity contribution in [3.8, 4) is 6.07 Å². The predicted octanol–water partition coefficient (Wildman–Crippen LogP) is 2.85. The molecule has 2 heteroatoms. The van der Waals surface area contributed by atoms with Crippen molar-refractivity contribution < 1.29 is 0 Å². The summed E-state index contributed by atoms with van der Waals surface area (Å²) in [6, 6.07) is 2.47. The summed E-state index contributed by atoms with van der Waals surface area (Å²) < 4.78 is 0. The Morgan fingerprint density at radius 2 is 2.07 bits per heavy atom. The molecular weight excluding hydrogens is 172 g/mol. The molecule has 1 unspecified atom stereocenters. The van der Waals surface area contributed by atoms with E-state index in [1.165, 1.54) is 32.1 Å². The van der Waals surface area contributed by atoms with Crippen LogP contribution in [0.4, 0.5) is 0 Å². The summed E-state index contributed by atoms with van der Waals surface area (Å²) in [6.07, 6.45) is 9.00. The molecule has 1 rings (SSSR count). The van der Waals surface area contributed by atoms with Crippen molar-refractivity contribution in [2.45, 2.75) is 57.9 Å². The van der Waals surface area contributed by atoms with Crippen molar-refractivity contribution in [3.05, 3.63) is 0 Å². The minimum absolute atomic E-state index is 0.0954. The molecule has 1 aliphatic carbocycles. The fourth-order valence-electron chi connectivity index (χ4n) is 2.26. The van der Waals surface area contributed by atoms with Crippen molar-refractivity contribution in [3.63, 3.8) is 0 Å². The van der Waals surface area contributed by atoms with Gasteiger partial charge in [0, 0.05) is 0 Å². The Kier molecular flexibility index (Phi) is 5.63. The van der Waals surface area contributed by atoms with Crippen molar-refractivity contribution >= 4 is 0 Å². The quantitative estimate of drug-likeness (QED) is 0.730. The molecule has 80 valence electrons. The number of hydrogen-bond acceptors (Lipinski definition) is 2. The number of nitrogens with zero attached hydrogens (tertiary/aromatic N) is 1. The van der Waals surface area contributed by atoms with E-state index in [0.29, 0.717) is 0 Å². The van der Waals surface area contributed by atoms with E-state index in [1.54, 1.807) is 0 Å². The molecule has 1 aliphatic rings. The first-order valence-corrected chi connectivity index (χ1v) is 5.99. The molecule has 2 nitrogen and oxygen atoms in total. The summed E-state index contributed by atoms with van der Waals surface area (Å²) in [5.74, 6) is 0.803. The number of hydrogen-bond donors (Lipinski definition) is 1. The van der Waals surface area contributed by atoms with Gasteiger partial charge in [0.1, 0.15) is 0 Å². The van der Waals surface area contributed by atoms with E-state index >= 15 is 0 Å². The smallest absolute Gasteiger partial charge is 0.0955 e. The highest BCUT2D eigenvalue weighted by Crippen LogP contribution is 2.27. The molecule has 0 spiro atoms. The molecule has 1 fully saturated rings. The van der Waals surface area contributed by atoms with Gasteiger partial charge in [-0.25, -0.2) is 0 Å². The topological polar surface area (TPSA) is 35.8 Å². The third-order valence-electron chi connectivity index (χ3n) is 3.09. The van der Waals surface area contributed by atoms with E-state index in [-0.39, 0.29) is 6.04 Å². The molecule has 1 atom stereocenters. The lowest BCUT2D eigenvalue weighted by molar-refractivity contribution is 0.317. The molecule has 0 aromatic carbocycles. The maximum atomic E-state index is 8.97. The average Bonchev–Trinajstić information content (AvgIpc) is 2.25. The Morgan fingerprint density at radius 3 is 2.64 bits per heavy atom. The van der Waals surface area contributed by atoms with Gasteiger partial charge in [0.05, 0.1) is 12.1 Å². The lowest BCUT2D eigenvalue weighted by Gasteiger charge is -2.23. The lowest BCUT2D eigenvalue weighted by Crippen LogP contribution is -2.30. The molecule has 0 aliphatic heterocycles. The van der Waals surface area contributed by atoms with Crippen LogP contribution in [0.15, 0.2) is 0 Å². The normalized spacial score (nSPS) is 20.3. The van der Waals surface area contributed by atoms with E-state index < -0.39 is 0 Å². The monoisotopic (exact) mass is 194 g/mol. The van der Waals surface area contributed by atoms with Gasteiger partial charge in [0.25, 0.3) is 0 Å². The Hall–Kier alpha value is -0.550. The van der Waals surface area contributed by atoms with Gasteiger partial charge < -0.3 is 5.32 Å². The molecule has 0 aromatic heterocycles. The van der Waals surface area contributed by atoms with Gasteiger partial charge in [-0.15, -0.1) is 0 Å². The van der Waals surface area contributed by atoms with Crippen LogP contribution in [-0.4, -0.2) is 12.6 Å². The van der Waals surface area contributed by atoms with Crippen LogP contribution >= 0.6 is 0 Å². The molecule has 0 aromatic rings. The van der Waals surface area contributed by atoms with Crippen LogP contribution in [0.5, 0.6) is 0 Å². The average molecular weight is 194 g/mol. The summed E-state index contributed by atoms with van der Waals surface area (Å²) in [6.45, 7) is 3.12. The van der Waals surface area contributed by atoms with Gasteiger partial charge in [0.2, 0.25) is 0 Å². The molecule has 0 amide bonds. The minimum Gasteiger partial charge on any atom is -0.302 e. The van der Waals surface area contributed by atoms with Crippen molar-refractivity contribution in [2.75, 3.05) is 6.54 Å². The zero-order valence-corrected chi connectivity index (χ0v) is 9.26. The summed E-state index contributed by atoms with van der Waals surface area (Å²) >= 11 is 0. The van der Waals surface area contributed by atoms with Crippen molar-refractivity contribution in [2.24, 2.45) is 5.92 Å². The van der Waals surface area contributed by atoms with Crippen LogP contribution in [0.25, 0.3) is 0 Å². The van der Waals surface area contributed by atoms with Crippen LogP contribution in [0.1, 0.15) is 51.9 Å². The van der Waals surface area contributed by atoms with Gasteiger partial charge in [-0.1, -0.05) is 39.0 Å². The summed E-state index contributed by atoms with van der Waals surface area (Å²) in [7, 11) is 0. The fourth-order valence-corrected chi connectivity index (χ4v) is 2.26. The summed E-state index contributed by atoms with van der Waals surface area (Å²) in [4.78, 5) is 0.